The number of aromatic nitrogens is 6. The Morgan fingerprint density at radius 1 is 0.788 bits per heavy atom. The minimum absolute atomic E-state index is 0.0275. The van der Waals surface area contributed by atoms with Gasteiger partial charge in [0.05, 0.1) is 17.8 Å². The van der Waals surface area contributed by atoms with Crippen molar-refractivity contribution >= 4 is 16.8 Å². The van der Waals surface area contributed by atoms with Crippen LogP contribution in [0.3, 0.4) is 0 Å². The Kier molecular flexibility index (Phi) is 4.61. The molecule has 160 valence electrons. The Hall–Kier alpha value is -4.46. The fraction of sp³-hybridized carbons (Fsp3) is 0.120. The summed E-state index contributed by atoms with van der Waals surface area (Å²) in [6.45, 7) is 1.61. The highest BCUT2D eigenvalue weighted by molar-refractivity contribution is 5.94. The van der Waals surface area contributed by atoms with E-state index in [1.807, 2.05) is 72.8 Å². The Bertz CT molecular complexity index is 1460. The number of nitrogens with zero attached hydrogens (tertiary/aromatic N) is 7. The summed E-state index contributed by atoms with van der Waals surface area (Å²) < 4.78 is 2.05. The van der Waals surface area contributed by atoms with E-state index in [2.05, 4.69) is 25.0 Å². The van der Waals surface area contributed by atoms with Gasteiger partial charge in [0.25, 0.3) is 5.91 Å². The van der Waals surface area contributed by atoms with Gasteiger partial charge >= 0.3 is 0 Å². The van der Waals surface area contributed by atoms with Gasteiger partial charge in [-0.3, -0.25) is 4.79 Å². The molecule has 0 bridgehead atoms. The van der Waals surface area contributed by atoms with Crippen molar-refractivity contribution in [3.63, 3.8) is 0 Å². The van der Waals surface area contributed by atoms with Gasteiger partial charge < -0.3 is 9.47 Å². The summed E-state index contributed by atoms with van der Waals surface area (Å²) in [5.74, 6) is 1.47. The van der Waals surface area contributed by atoms with E-state index in [1.165, 1.54) is 0 Å². The number of para-hydroxylation sites is 1. The van der Waals surface area contributed by atoms with Crippen molar-refractivity contribution in [2.24, 2.45) is 0 Å². The van der Waals surface area contributed by atoms with Crippen molar-refractivity contribution < 1.29 is 4.79 Å². The molecule has 8 nitrogen and oxygen atoms in total. The minimum atomic E-state index is -0.0275. The van der Waals surface area contributed by atoms with Crippen LogP contribution >= 0.6 is 0 Å². The second-order valence-corrected chi connectivity index (χ2v) is 7.89. The van der Waals surface area contributed by atoms with Crippen LogP contribution in [-0.2, 0) is 13.1 Å². The quantitative estimate of drug-likeness (QED) is 0.432. The van der Waals surface area contributed by atoms with Gasteiger partial charge in [0.2, 0.25) is 0 Å². The molecular weight excluding hydrogens is 414 g/mol. The summed E-state index contributed by atoms with van der Waals surface area (Å²) in [5.41, 5.74) is 4.03. The maximum atomic E-state index is 13.1. The minimum Gasteiger partial charge on any atom is -0.329 e. The lowest BCUT2D eigenvalue weighted by Crippen LogP contribution is -2.38. The largest absolute Gasteiger partial charge is 0.329 e. The van der Waals surface area contributed by atoms with E-state index in [-0.39, 0.29) is 5.91 Å². The first-order valence-electron chi connectivity index (χ1n) is 10.7. The summed E-state index contributed by atoms with van der Waals surface area (Å²) in [5, 5.41) is 17.8. The van der Waals surface area contributed by atoms with E-state index < -0.39 is 0 Å². The third-order valence-electron chi connectivity index (χ3n) is 5.87. The van der Waals surface area contributed by atoms with E-state index >= 15 is 0 Å². The molecule has 0 unspecified atom stereocenters. The molecule has 8 heteroatoms. The summed E-state index contributed by atoms with van der Waals surface area (Å²) in [6, 6.07) is 23.2. The molecule has 1 aliphatic rings. The molecule has 1 aliphatic heterocycles. The summed E-state index contributed by atoms with van der Waals surface area (Å²) >= 11 is 0. The van der Waals surface area contributed by atoms with Crippen molar-refractivity contribution in [3.8, 4) is 22.8 Å². The Labute approximate surface area is 189 Å². The van der Waals surface area contributed by atoms with Crippen LogP contribution in [-0.4, -0.2) is 47.3 Å². The third-order valence-corrected chi connectivity index (χ3v) is 5.87. The van der Waals surface area contributed by atoms with Crippen LogP contribution < -0.4 is 0 Å². The molecule has 6 rings (SSSR count). The van der Waals surface area contributed by atoms with Gasteiger partial charge in [-0.2, -0.15) is 10.2 Å². The SMILES string of the molecule is O=C(c1ccc(-c2cccnn2)cc1)N1CCn2c(nnc2-c2ccc3ccccc3n2)C1. The summed E-state index contributed by atoms with van der Waals surface area (Å²) in [6.07, 6.45) is 1.64. The van der Waals surface area contributed by atoms with E-state index in [4.69, 9.17) is 4.98 Å². The first-order chi connectivity index (χ1) is 16.3. The zero-order chi connectivity index (χ0) is 22.2. The van der Waals surface area contributed by atoms with Crippen molar-refractivity contribution in [1.82, 2.24) is 34.8 Å². The smallest absolute Gasteiger partial charge is 0.254 e. The number of rotatable bonds is 3. The second kappa shape index (κ2) is 7.90. The highest BCUT2D eigenvalue weighted by atomic mass is 16.2. The fourth-order valence-corrected chi connectivity index (χ4v) is 4.13. The zero-order valence-electron chi connectivity index (χ0n) is 17.7. The molecule has 0 N–H and O–H groups in total. The van der Waals surface area contributed by atoms with E-state index in [1.54, 1.807) is 11.1 Å². The van der Waals surface area contributed by atoms with E-state index in [0.29, 0.717) is 25.2 Å². The number of hydrogen-bond donors (Lipinski definition) is 0. The molecule has 3 aromatic heterocycles. The van der Waals surface area contributed by atoms with Crippen LogP contribution in [0.2, 0.25) is 0 Å². The van der Waals surface area contributed by atoms with Crippen LogP contribution in [0.4, 0.5) is 0 Å². The predicted molar refractivity (Wildman–Crippen MR) is 123 cm³/mol. The van der Waals surface area contributed by atoms with E-state index in [0.717, 1.165) is 39.5 Å². The number of pyridine rings is 1. The van der Waals surface area contributed by atoms with Crippen LogP contribution in [0.5, 0.6) is 0 Å². The molecule has 33 heavy (non-hydrogen) atoms. The van der Waals surface area contributed by atoms with Crippen LogP contribution in [0, 0.1) is 0 Å². The number of amides is 1. The molecule has 0 fully saturated rings. The molecule has 2 aromatic carbocycles. The van der Waals surface area contributed by atoms with Gasteiger partial charge in [0.15, 0.2) is 11.6 Å². The van der Waals surface area contributed by atoms with Crippen LogP contribution in [0.25, 0.3) is 33.7 Å². The lowest BCUT2D eigenvalue weighted by molar-refractivity contribution is 0.0708. The Balaban J connectivity index is 1.22. The normalized spacial score (nSPS) is 13.2. The first-order valence-corrected chi connectivity index (χ1v) is 10.7. The fourth-order valence-electron chi connectivity index (χ4n) is 4.13. The zero-order valence-corrected chi connectivity index (χ0v) is 17.7. The topological polar surface area (TPSA) is 89.7 Å². The average Bonchev–Trinajstić information content (AvgIpc) is 3.32. The van der Waals surface area contributed by atoms with Gasteiger partial charge in [-0.05, 0) is 36.4 Å². The standard InChI is InChI=1S/C25H19N7O/c33-25(19-9-7-18(8-10-19)21-6-3-13-26-28-21)31-14-15-32-23(16-31)29-30-24(32)22-12-11-17-4-1-2-5-20(17)27-22/h1-13H,14-16H2. The van der Waals surface area contributed by atoms with Crippen molar-refractivity contribution in [1.29, 1.82) is 0 Å². The van der Waals surface area contributed by atoms with Gasteiger partial charge in [0.1, 0.15) is 5.69 Å². The van der Waals surface area contributed by atoms with Gasteiger partial charge in [-0.1, -0.05) is 36.4 Å². The van der Waals surface area contributed by atoms with Crippen LogP contribution in [0.15, 0.2) is 79.0 Å². The Morgan fingerprint density at radius 3 is 2.52 bits per heavy atom. The lowest BCUT2D eigenvalue weighted by atomic mass is 10.1. The van der Waals surface area contributed by atoms with Gasteiger partial charge in [0, 0.05) is 35.8 Å². The monoisotopic (exact) mass is 433 g/mol. The van der Waals surface area contributed by atoms with Gasteiger partial charge in [-0.15, -0.1) is 10.2 Å². The average molecular weight is 433 g/mol. The maximum Gasteiger partial charge on any atom is 0.254 e. The third kappa shape index (κ3) is 3.51. The molecule has 1 amide bonds. The molecule has 4 heterocycles. The summed E-state index contributed by atoms with van der Waals surface area (Å²) in [7, 11) is 0. The van der Waals surface area contributed by atoms with Gasteiger partial charge in [-0.25, -0.2) is 4.98 Å². The number of hydrogen-bond acceptors (Lipinski definition) is 6. The maximum absolute atomic E-state index is 13.1. The molecule has 5 aromatic rings. The number of carbonyl (C=O) groups is 1. The van der Waals surface area contributed by atoms with Crippen molar-refractivity contribution in [3.05, 3.63) is 90.4 Å². The molecule has 0 radical (unpaired) electrons. The van der Waals surface area contributed by atoms with Crippen molar-refractivity contribution in [2.75, 3.05) is 6.54 Å². The lowest BCUT2D eigenvalue weighted by Gasteiger charge is -2.28. The molecule has 0 atom stereocenters. The number of carbonyl (C=O) groups excluding carboxylic acids is 1. The molecule has 0 spiro atoms. The van der Waals surface area contributed by atoms with Crippen molar-refractivity contribution in [2.45, 2.75) is 13.1 Å². The first kappa shape index (κ1) is 19.2. The van der Waals surface area contributed by atoms with Crippen LogP contribution in [0.1, 0.15) is 16.2 Å². The number of fused-ring (bicyclic) bond motifs is 2. The Morgan fingerprint density at radius 2 is 1.67 bits per heavy atom. The molecule has 0 aliphatic carbocycles. The number of benzene rings is 2. The summed E-state index contributed by atoms with van der Waals surface area (Å²) in [4.78, 5) is 19.7. The highest BCUT2D eigenvalue weighted by Crippen LogP contribution is 2.24. The molecular formula is C25H19N7O. The molecule has 0 saturated heterocycles. The highest BCUT2D eigenvalue weighted by Gasteiger charge is 2.26. The predicted octanol–water partition coefficient (Wildman–Crippen LogP) is 3.61. The molecule has 0 saturated carbocycles. The second-order valence-electron chi connectivity index (χ2n) is 7.89. The van der Waals surface area contributed by atoms with E-state index in [9.17, 15) is 4.79 Å².